The lowest BCUT2D eigenvalue weighted by Crippen LogP contribution is -2.15. The van der Waals surface area contributed by atoms with E-state index in [2.05, 4.69) is 0 Å². The zero-order valence-corrected chi connectivity index (χ0v) is 15.6. The van der Waals surface area contributed by atoms with Gasteiger partial charge in [0.2, 0.25) is 0 Å². The summed E-state index contributed by atoms with van der Waals surface area (Å²) in [7, 11) is 0. The molecule has 0 radical (unpaired) electrons. The van der Waals surface area contributed by atoms with Crippen LogP contribution in [0.5, 0.6) is 0 Å². The van der Waals surface area contributed by atoms with Crippen LogP contribution in [-0.4, -0.2) is 0 Å². The topological polar surface area (TPSA) is 0 Å². The van der Waals surface area contributed by atoms with Gasteiger partial charge in [-0.15, -0.1) is 0 Å². The molecule has 0 heterocycles. The molecule has 3 rings (SSSR count). The zero-order chi connectivity index (χ0) is 18.2. The maximum Gasteiger partial charge on any atom is 0.126 e. The average molecular weight is 357 g/mol. The molecular formula is C24H30F2. The van der Waals surface area contributed by atoms with Crippen LogP contribution < -0.4 is 0 Å². The Morgan fingerprint density at radius 1 is 0.615 bits per heavy atom. The summed E-state index contributed by atoms with van der Waals surface area (Å²) in [5.74, 6) is 1.49. The molecule has 2 aromatic carbocycles. The molecule has 26 heavy (non-hydrogen) atoms. The fraction of sp³-hybridized carbons (Fsp3) is 0.500. The second kappa shape index (κ2) is 9.85. The van der Waals surface area contributed by atoms with E-state index in [1.54, 1.807) is 24.3 Å². The van der Waals surface area contributed by atoms with Gasteiger partial charge in [-0.05, 0) is 60.8 Å². The summed E-state index contributed by atoms with van der Waals surface area (Å²) < 4.78 is 27.3. The molecule has 0 N–H and O–H groups in total. The van der Waals surface area contributed by atoms with Crippen LogP contribution in [0.1, 0.15) is 62.5 Å². The summed E-state index contributed by atoms with van der Waals surface area (Å²) in [4.78, 5) is 0. The summed E-state index contributed by atoms with van der Waals surface area (Å²) in [5.41, 5.74) is 1.71. The standard InChI is InChI=1S/C24H30F2/c25-23-13-3-1-9-21(23)11-5-7-19-15-17-20(18-16-19)8-6-12-22-10-2-4-14-24(22)26/h1-4,9-10,13-14,19-20H,5-8,11-12,15-18H2. The Balaban J connectivity index is 1.30. The van der Waals surface area contributed by atoms with Crippen molar-refractivity contribution in [1.29, 1.82) is 0 Å². The zero-order valence-electron chi connectivity index (χ0n) is 15.6. The third kappa shape index (κ3) is 5.65. The van der Waals surface area contributed by atoms with Crippen LogP contribution in [0.4, 0.5) is 8.78 Å². The van der Waals surface area contributed by atoms with Crippen molar-refractivity contribution in [3.05, 3.63) is 71.3 Å². The van der Waals surface area contributed by atoms with Gasteiger partial charge in [0.25, 0.3) is 0 Å². The van der Waals surface area contributed by atoms with E-state index in [-0.39, 0.29) is 11.6 Å². The molecule has 1 saturated carbocycles. The molecule has 0 aromatic heterocycles. The van der Waals surface area contributed by atoms with Crippen molar-refractivity contribution in [2.75, 3.05) is 0 Å². The summed E-state index contributed by atoms with van der Waals surface area (Å²) in [6.45, 7) is 0. The Morgan fingerprint density at radius 3 is 1.38 bits per heavy atom. The molecule has 1 fully saturated rings. The van der Waals surface area contributed by atoms with Crippen molar-refractivity contribution < 1.29 is 8.78 Å². The van der Waals surface area contributed by atoms with Crippen LogP contribution in [0.25, 0.3) is 0 Å². The molecular weight excluding hydrogens is 326 g/mol. The normalized spacial score (nSPS) is 20.2. The van der Waals surface area contributed by atoms with Gasteiger partial charge in [-0.2, -0.15) is 0 Å². The number of halogens is 2. The molecule has 0 amide bonds. The number of rotatable bonds is 8. The van der Waals surface area contributed by atoms with Crippen molar-refractivity contribution in [2.24, 2.45) is 11.8 Å². The van der Waals surface area contributed by atoms with E-state index in [0.717, 1.165) is 48.6 Å². The first-order valence-electron chi connectivity index (χ1n) is 10.2. The van der Waals surface area contributed by atoms with Crippen molar-refractivity contribution in [2.45, 2.75) is 64.2 Å². The fourth-order valence-electron chi connectivity index (χ4n) is 4.37. The Hall–Kier alpha value is -1.70. The molecule has 2 heteroatoms. The lowest BCUT2D eigenvalue weighted by molar-refractivity contribution is 0.247. The first kappa shape index (κ1) is 19.1. The molecule has 0 bridgehead atoms. The van der Waals surface area contributed by atoms with Crippen LogP contribution in [-0.2, 0) is 12.8 Å². The minimum absolute atomic E-state index is 0.0638. The quantitative estimate of drug-likeness (QED) is 0.472. The van der Waals surface area contributed by atoms with E-state index in [0.29, 0.717) is 0 Å². The van der Waals surface area contributed by atoms with Crippen molar-refractivity contribution >= 4 is 0 Å². The third-order valence-corrected chi connectivity index (χ3v) is 6.00. The molecule has 0 saturated heterocycles. The first-order chi connectivity index (χ1) is 12.7. The summed E-state index contributed by atoms with van der Waals surface area (Å²) >= 11 is 0. The number of hydrogen-bond donors (Lipinski definition) is 0. The number of hydrogen-bond acceptors (Lipinski definition) is 0. The molecule has 0 aliphatic heterocycles. The molecule has 0 nitrogen and oxygen atoms in total. The fourth-order valence-corrected chi connectivity index (χ4v) is 4.37. The van der Waals surface area contributed by atoms with Gasteiger partial charge in [0.1, 0.15) is 11.6 Å². The van der Waals surface area contributed by atoms with Gasteiger partial charge in [-0.1, -0.05) is 74.9 Å². The highest BCUT2D eigenvalue weighted by molar-refractivity contribution is 5.18. The van der Waals surface area contributed by atoms with Crippen molar-refractivity contribution in [1.82, 2.24) is 0 Å². The van der Waals surface area contributed by atoms with E-state index in [1.165, 1.54) is 38.5 Å². The summed E-state index contributed by atoms with van der Waals surface area (Å²) in [5, 5.41) is 0. The Labute approximate surface area is 156 Å². The van der Waals surface area contributed by atoms with Gasteiger partial charge in [0, 0.05) is 0 Å². The van der Waals surface area contributed by atoms with E-state index in [9.17, 15) is 8.78 Å². The van der Waals surface area contributed by atoms with E-state index in [1.807, 2.05) is 24.3 Å². The van der Waals surface area contributed by atoms with Gasteiger partial charge < -0.3 is 0 Å². The highest BCUT2D eigenvalue weighted by atomic mass is 19.1. The summed E-state index contributed by atoms with van der Waals surface area (Å²) in [6.07, 6.45) is 11.6. The van der Waals surface area contributed by atoms with E-state index in [4.69, 9.17) is 0 Å². The molecule has 2 aromatic rings. The van der Waals surface area contributed by atoms with Gasteiger partial charge in [-0.25, -0.2) is 8.78 Å². The Bertz CT molecular complexity index is 612. The van der Waals surface area contributed by atoms with Gasteiger partial charge in [-0.3, -0.25) is 0 Å². The molecule has 1 aliphatic rings. The SMILES string of the molecule is Fc1ccccc1CCCC1CCC(CCCc2ccccc2F)CC1. The predicted molar refractivity (Wildman–Crippen MR) is 104 cm³/mol. The molecule has 140 valence electrons. The van der Waals surface area contributed by atoms with Crippen molar-refractivity contribution in [3.8, 4) is 0 Å². The Morgan fingerprint density at radius 2 is 1.00 bits per heavy atom. The van der Waals surface area contributed by atoms with Crippen LogP contribution >= 0.6 is 0 Å². The van der Waals surface area contributed by atoms with Crippen LogP contribution in [0.2, 0.25) is 0 Å². The minimum atomic E-state index is -0.0638. The highest BCUT2D eigenvalue weighted by Gasteiger charge is 2.20. The second-order valence-electron chi connectivity index (χ2n) is 7.85. The molecule has 0 atom stereocenters. The van der Waals surface area contributed by atoms with Crippen LogP contribution in [0.3, 0.4) is 0 Å². The monoisotopic (exact) mass is 356 g/mol. The van der Waals surface area contributed by atoms with Crippen LogP contribution in [0.15, 0.2) is 48.5 Å². The summed E-state index contributed by atoms with van der Waals surface area (Å²) in [6, 6.07) is 14.3. The second-order valence-corrected chi connectivity index (χ2v) is 7.85. The third-order valence-electron chi connectivity index (χ3n) is 6.00. The first-order valence-corrected chi connectivity index (χ1v) is 10.2. The van der Waals surface area contributed by atoms with E-state index < -0.39 is 0 Å². The molecule has 1 aliphatic carbocycles. The largest absolute Gasteiger partial charge is 0.207 e. The molecule has 0 spiro atoms. The van der Waals surface area contributed by atoms with Gasteiger partial charge in [0.05, 0.1) is 0 Å². The smallest absolute Gasteiger partial charge is 0.126 e. The lowest BCUT2D eigenvalue weighted by Gasteiger charge is -2.28. The average Bonchev–Trinajstić information content (AvgIpc) is 2.66. The maximum absolute atomic E-state index is 13.6. The predicted octanol–water partition coefficient (Wildman–Crippen LogP) is 7.12. The highest BCUT2D eigenvalue weighted by Crippen LogP contribution is 2.34. The minimum Gasteiger partial charge on any atom is -0.207 e. The maximum atomic E-state index is 13.6. The number of benzene rings is 2. The molecule has 0 unspecified atom stereocenters. The number of aryl methyl sites for hydroxylation is 2. The van der Waals surface area contributed by atoms with Gasteiger partial charge in [0.15, 0.2) is 0 Å². The van der Waals surface area contributed by atoms with Gasteiger partial charge >= 0.3 is 0 Å². The van der Waals surface area contributed by atoms with Crippen LogP contribution in [0, 0.1) is 23.5 Å². The lowest BCUT2D eigenvalue weighted by atomic mass is 9.78. The van der Waals surface area contributed by atoms with E-state index >= 15 is 0 Å². The Kier molecular flexibility index (Phi) is 7.22. The van der Waals surface area contributed by atoms with Crippen molar-refractivity contribution in [3.63, 3.8) is 0 Å².